The van der Waals surface area contributed by atoms with Crippen molar-refractivity contribution in [2.75, 3.05) is 31.7 Å². The van der Waals surface area contributed by atoms with E-state index in [9.17, 15) is 19.8 Å². The first-order valence-electron chi connectivity index (χ1n) is 13.7. The van der Waals surface area contributed by atoms with Gasteiger partial charge in [-0.05, 0) is 87.4 Å². The zero-order chi connectivity index (χ0) is 30.3. The molecule has 222 valence electrons. The van der Waals surface area contributed by atoms with E-state index in [1.165, 1.54) is 30.3 Å². The Hall–Kier alpha value is -3.81. The number of phenols is 1. The number of thiocarbonyl (C=S) groups is 1. The van der Waals surface area contributed by atoms with Crippen LogP contribution in [0.15, 0.2) is 63.8 Å². The van der Waals surface area contributed by atoms with Gasteiger partial charge in [0.05, 0.1) is 5.56 Å². The molecule has 12 heteroatoms. The molecule has 4 rings (SSSR count). The predicted octanol–water partition coefficient (Wildman–Crippen LogP) is 5.69. The van der Waals surface area contributed by atoms with Crippen molar-refractivity contribution in [2.45, 2.75) is 33.2 Å². The van der Waals surface area contributed by atoms with E-state index >= 15 is 0 Å². The molecule has 0 unspecified atom stereocenters. The molecular weight excluding hydrogens is 576 g/mol. The van der Waals surface area contributed by atoms with E-state index in [2.05, 4.69) is 10.6 Å². The number of benzene rings is 3. The monoisotopic (exact) mass is 610 g/mol. The van der Waals surface area contributed by atoms with E-state index in [-0.39, 0.29) is 22.5 Å². The van der Waals surface area contributed by atoms with Crippen molar-refractivity contribution in [1.29, 1.82) is 0 Å². The van der Waals surface area contributed by atoms with Gasteiger partial charge in [-0.3, -0.25) is 4.79 Å². The first kappa shape index (κ1) is 31.1. The van der Waals surface area contributed by atoms with Crippen LogP contribution in [0.2, 0.25) is 6.04 Å². The van der Waals surface area contributed by atoms with Crippen molar-refractivity contribution in [3.8, 4) is 28.2 Å². The molecule has 2 aromatic carbocycles. The van der Waals surface area contributed by atoms with Crippen LogP contribution in [0.4, 0.5) is 5.69 Å². The molecule has 1 aliphatic carbocycles. The number of phenolic OH excluding ortho intramolecular Hbond substituents is 1. The fourth-order valence-electron chi connectivity index (χ4n) is 4.85. The highest BCUT2D eigenvalue weighted by molar-refractivity contribution is 7.80. The van der Waals surface area contributed by atoms with Gasteiger partial charge in [-0.2, -0.15) is 0 Å². The highest BCUT2D eigenvalue weighted by Crippen LogP contribution is 2.42. The van der Waals surface area contributed by atoms with Crippen LogP contribution >= 0.6 is 12.2 Å². The van der Waals surface area contributed by atoms with Gasteiger partial charge in [-0.25, -0.2) is 4.79 Å². The average molecular weight is 611 g/mol. The molecule has 0 amide bonds. The second-order valence-corrected chi connectivity index (χ2v) is 12.5. The standard InChI is InChI=1S/C30H34N2O8SSi/c1-4-37-42(38-5-2,39-6-3)15-7-14-31-30(41)32-19-8-11-22(29(35)36)25(16-19)28-23-12-9-20(33)17-26(23)40-27-18-21(34)10-13-24(27)28/h8-13,16-18,33H,4-7,14-15H2,1-3H3,(H,35,36)(H2,31,32,41). The van der Waals surface area contributed by atoms with E-state index in [0.717, 1.165) is 0 Å². The van der Waals surface area contributed by atoms with Gasteiger partial charge >= 0.3 is 14.8 Å². The topological polar surface area (TPSA) is 139 Å². The van der Waals surface area contributed by atoms with Crippen molar-refractivity contribution in [2.24, 2.45) is 0 Å². The number of carbonyl (C=O) groups is 1. The normalized spacial score (nSPS) is 11.6. The number of hydrogen-bond acceptors (Lipinski definition) is 8. The van der Waals surface area contributed by atoms with Crippen molar-refractivity contribution in [3.63, 3.8) is 0 Å². The summed E-state index contributed by atoms with van der Waals surface area (Å²) >= 11 is 5.53. The number of aromatic hydroxyl groups is 1. The number of anilines is 1. The van der Waals surface area contributed by atoms with Crippen LogP contribution in [0.25, 0.3) is 33.4 Å². The number of carboxylic acids is 1. The molecule has 0 fully saturated rings. The Labute approximate surface area is 249 Å². The third kappa shape index (κ3) is 7.15. The van der Waals surface area contributed by atoms with E-state index in [0.29, 0.717) is 77.3 Å². The summed E-state index contributed by atoms with van der Waals surface area (Å²) in [4.78, 5) is 24.4. The summed E-state index contributed by atoms with van der Waals surface area (Å²) in [6, 6.07) is 14.4. The lowest BCUT2D eigenvalue weighted by Gasteiger charge is -2.28. The maximum absolute atomic E-state index is 12.3. The second kappa shape index (κ2) is 13.9. The molecule has 1 aliphatic heterocycles. The highest BCUT2D eigenvalue weighted by Gasteiger charge is 2.39. The highest BCUT2D eigenvalue weighted by atomic mass is 32.1. The number of hydrogen-bond donors (Lipinski definition) is 4. The van der Waals surface area contributed by atoms with Crippen molar-refractivity contribution < 1.29 is 32.7 Å². The van der Waals surface area contributed by atoms with Crippen LogP contribution < -0.4 is 16.1 Å². The summed E-state index contributed by atoms with van der Waals surface area (Å²) in [7, 11) is -2.76. The second-order valence-electron chi connectivity index (χ2n) is 9.35. The molecule has 2 aromatic rings. The molecule has 42 heavy (non-hydrogen) atoms. The summed E-state index contributed by atoms with van der Waals surface area (Å²) in [6.07, 6.45) is 0.706. The minimum Gasteiger partial charge on any atom is -0.508 e. The van der Waals surface area contributed by atoms with Gasteiger partial charge in [0, 0.05) is 66.7 Å². The molecule has 0 aromatic heterocycles. The average Bonchev–Trinajstić information content (AvgIpc) is 2.94. The summed E-state index contributed by atoms with van der Waals surface area (Å²) < 4.78 is 23.6. The van der Waals surface area contributed by atoms with Gasteiger partial charge in [0.15, 0.2) is 10.5 Å². The Kier molecular flexibility index (Phi) is 10.3. The molecule has 0 saturated carbocycles. The molecule has 4 N–H and O–H groups in total. The molecule has 0 saturated heterocycles. The smallest absolute Gasteiger partial charge is 0.500 e. The van der Waals surface area contributed by atoms with Crippen molar-refractivity contribution in [1.82, 2.24) is 5.32 Å². The molecule has 0 spiro atoms. The van der Waals surface area contributed by atoms with Crippen molar-refractivity contribution in [3.05, 3.63) is 70.4 Å². The van der Waals surface area contributed by atoms with Crippen LogP contribution in [0.1, 0.15) is 37.6 Å². The van der Waals surface area contributed by atoms with E-state index in [4.69, 9.17) is 29.9 Å². The summed E-state index contributed by atoms with van der Waals surface area (Å²) in [5.41, 5.74) is 2.17. The predicted molar refractivity (Wildman–Crippen MR) is 167 cm³/mol. The maximum Gasteiger partial charge on any atom is 0.500 e. The van der Waals surface area contributed by atoms with Crippen LogP contribution in [-0.4, -0.2) is 56.5 Å². The Morgan fingerprint density at radius 1 is 0.952 bits per heavy atom. The molecule has 0 radical (unpaired) electrons. The molecule has 0 bridgehead atoms. The Balaban J connectivity index is 1.61. The Morgan fingerprint density at radius 3 is 2.33 bits per heavy atom. The lowest BCUT2D eigenvalue weighted by Crippen LogP contribution is -2.46. The number of rotatable bonds is 13. The van der Waals surface area contributed by atoms with Crippen molar-refractivity contribution >= 4 is 48.8 Å². The van der Waals surface area contributed by atoms with Gasteiger partial charge in [0.2, 0.25) is 0 Å². The van der Waals surface area contributed by atoms with E-state index in [1.54, 1.807) is 24.3 Å². The summed E-state index contributed by atoms with van der Waals surface area (Å²) in [6.45, 7) is 7.82. The number of nitrogens with one attached hydrogen (secondary N) is 2. The Morgan fingerprint density at radius 2 is 1.67 bits per heavy atom. The third-order valence-corrected chi connectivity index (χ3v) is 9.89. The molecule has 1 heterocycles. The molecule has 2 aliphatic rings. The minimum absolute atomic E-state index is 0.0243. The van der Waals surface area contributed by atoms with Crippen LogP contribution in [0.3, 0.4) is 0 Å². The number of aromatic carboxylic acids is 1. The van der Waals surface area contributed by atoms with Crippen LogP contribution in [-0.2, 0) is 13.3 Å². The summed E-state index contributed by atoms with van der Waals surface area (Å²) in [5, 5.41) is 27.4. The Bertz CT molecular complexity index is 1590. The lowest BCUT2D eigenvalue weighted by molar-refractivity contribution is 0.0692. The van der Waals surface area contributed by atoms with Gasteiger partial charge in [-0.1, -0.05) is 0 Å². The van der Waals surface area contributed by atoms with Gasteiger partial charge in [0.1, 0.15) is 17.1 Å². The van der Waals surface area contributed by atoms with Crippen LogP contribution in [0.5, 0.6) is 5.75 Å². The fourth-order valence-corrected chi connectivity index (χ4v) is 7.68. The third-order valence-electron chi connectivity index (χ3n) is 6.49. The zero-order valence-electron chi connectivity index (χ0n) is 23.7. The number of carboxylic acid groups (broad SMARTS) is 1. The van der Waals surface area contributed by atoms with Crippen LogP contribution in [0, 0.1) is 0 Å². The minimum atomic E-state index is -2.76. The molecule has 0 atom stereocenters. The van der Waals surface area contributed by atoms with Gasteiger partial charge in [-0.15, -0.1) is 0 Å². The SMILES string of the molecule is CCO[Si](CCCNC(=S)Nc1ccc(C(=O)O)c(-c2c3ccc(=O)cc-3oc3cc(O)ccc23)c1)(OCC)OCC. The molecular formula is C30H34N2O8SSi. The maximum atomic E-state index is 12.3. The number of fused-ring (bicyclic) bond motifs is 2. The summed E-state index contributed by atoms with van der Waals surface area (Å²) in [5.74, 6) is -0.874. The van der Waals surface area contributed by atoms with Gasteiger partial charge in [0.25, 0.3) is 0 Å². The van der Waals surface area contributed by atoms with Gasteiger partial charge < -0.3 is 38.5 Å². The van der Waals surface area contributed by atoms with E-state index in [1.807, 2.05) is 20.8 Å². The molecule has 10 nitrogen and oxygen atoms in total. The quantitative estimate of drug-likeness (QED) is 0.0642. The first-order chi connectivity index (χ1) is 20.2. The fraction of sp³-hybridized carbons (Fsp3) is 0.300. The van der Waals surface area contributed by atoms with E-state index < -0.39 is 14.8 Å². The first-order valence-corrected chi connectivity index (χ1v) is 16.1. The largest absolute Gasteiger partial charge is 0.508 e. The zero-order valence-corrected chi connectivity index (χ0v) is 25.5. The lowest BCUT2D eigenvalue weighted by atomic mass is 9.90.